The molecule has 1 amide bonds. The molecule has 0 fully saturated rings. The van der Waals surface area contributed by atoms with Crippen LogP contribution in [0.2, 0.25) is 0 Å². The van der Waals surface area contributed by atoms with Crippen LogP contribution in [0.25, 0.3) is 11.8 Å². The number of aromatic nitrogens is 3. The van der Waals surface area contributed by atoms with E-state index in [4.69, 9.17) is 4.74 Å². The first kappa shape index (κ1) is 24.2. The summed E-state index contributed by atoms with van der Waals surface area (Å²) in [5.41, 5.74) is 3.25. The summed E-state index contributed by atoms with van der Waals surface area (Å²) in [7, 11) is -2.06. The van der Waals surface area contributed by atoms with Gasteiger partial charge in [-0.1, -0.05) is 0 Å². The summed E-state index contributed by atoms with van der Waals surface area (Å²) in [6, 6.07) is 11.3. The van der Waals surface area contributed by atoms with Gasteiger partial charge in [0.2, 0.25) is 15.0 Å². The summed E-state index contributed by atoms with van der Waals surface area (Å²) in [6.07, 6.45) is 1.49. The lowest BCUT2D eigenvalue weighted by molar-refractivity contribution is -0.112. The average Bonchev–Trinajstić information content (AvgIpc) is 3.36. The number of nitrogens with one attached hydrogen (secondary N) is 1. The van der Waals surface area contributed by atoms with Gasteiger partial charge < -0.3 is 9.30 Å². The Labute approximate surface area is 196 Å². The molecule has 11 heteroatoms. The molecule has 3 rings (SSSR count). The zero-order chi connectivity index (χ0) is 24.3. The Bertz CT molecular complexity index is 1360. The van der Waals surface area contributed by atoms with Crippen LogP contribution in [-0.4, -0.2) is 40.6 Å². The van der Waals surface area contributed by atoms with Crippen LogP contribution in [0.4, 0.5) is 5.13 Å². The van der Waals surface area contributed by atoms with Crippen molar-refractivity contribution in [2.75, 3.05) is 12.4 Å². The Morgan fingerprint density at radius 1 is 1.27 bits per heavy atom. The normalized spacial score (nSPS) is 12.0. The van der Waals surface area contributed by atoms with Gasteiger partial charge in [0.15, 0.2) is 0 Å². The van der Waals surface area contributed by atoms with Crippen LogP contribution >= 0.6 is 11.5 Å². The molecule has 2 heterocycles. The molecule has 0 bridgehead atoms. The second kappa shape index (κ2) is 9.56. The van der Waals surface area contributed by atoms with Crippen molar-refractivity contribution in [1.29, 1.82) is 5.26 Å². The lowest BCUT2D eigenvalue weighted by Gasteiger charge is -2.10. The second-order valence-corrected chi connectivity index (χ2v) is 10.6. The van der Waals surface area contributed by atoms with Crippen molar-refractivity contribution in [3.05, 3.63) is 52.9 Å². The molecule has 9 nitrogen and oxygen atoms in total. The molecule has 0 aliphatic heterocycles. The van der Waals surface area contributed by atoms with Crippen molar-refractivity contribution in [1.82, 2.24) is 13.9 Å². The zero-order valence-corrected chi connectivity index (χ0v) is 20.4. The van der Waals surface area contributed by atoms with Gasteiger partial charge in [0, 0.05) is 28.6 Å². The number of carbonyl (C=O) groups is 1. The lowest BCUT2D eigenvalue weighted by Crippen LogP contribution is -2.16. The first-order chi connectivity index (χ1) is 15.6. The van der Waals surface area contributed by atoms with Crippen molar-refractivity contribution in [3.63, 3.8) is 0 Å². The maximum absolute atomic E-state index is 12.7. The van der Waals surface area contributed by atoms with Gasteiger partial charge in [-0.2, -0.15) is 14.6 Å². The molecule has 0 unspecified atom stereocenters. The van der Waals surface area contributed by atoms with Crippen LogP contribution < -0.4 is 10.1 Å². The molecular formula is C22H23N5O4S2. The van der Waals surface area contributed by atoms with Gasteiger partial charge in [-0.3, -0.25) is 10.1 Å². The van der Waals surface area contributed by atoms with Crippen LogP contribution in [0, 0.1) is 25.2 Å². The van der Waals surface area contributed by atoms with Gasteiger partial charge in [-0.25, -0.2) is 8.42 Å². The summed E-state index contributed by atoms with van der Waals surface area (Å²) in [5, 5.41) is 11.0. The Morgan fingerprint density at radius 2 is 1.94 bits per heavy atom. The maximum Gasteiger partial charge on any atom is 0.268 e. The molecular weight excluding hydrogens is 462 g/mol. The molecule has 172 valence electrons. The number of rotatable bonds is 7. The number of ether oxygens (including phenoxy) is 1. The monoisotopic (exact) mass is 485 g/mol. The fourth-order valence-corrected chi connectivity index (χ4v) is 4.81. The van der Waals surface area contributed by atoms with Crippen molar-refractivity contribution in [2.45, 2.75) is 38.1 Å². The average molecular weight is 486 g/mol. The van der Waals surface area contributed by atoms with E-state index in [1.165, 1.54) is 19.9 Å². The quantitative estimate of drug-likeness (QED) is 0.399. The minimum atomic E-state index is -3.66. The number of nitriles is 1. The van der Waals surface area contributed by atoms with E-state index in [-0.39, 0.29) is 15.9 Å². The number of aryl methyl sites for hydroxylation is 1. The van der Waals surface area contributed by atoms with Crippen LogP contribution in [0.5, 0.6) is 5.75 Å². The van der Waals surface area contributed by atoms with Gasteiger partial charge in [0.1, 0.15) is 17.4 Å². The van der Waals surface area contributed by atoms with Gasteiger partial charge in [-0.15, -0.1) is 0 Å². The van der Waals surface area contributed by atoms with Crippen molar-refractivity contribution >= 4 is 38.5 Å². The van der Waals surface area contributed by atoms with Crippen LogP contribution in [-0.2, 0) is 14.6 Å². The van der Waals surface area contributed by atoms with Crippen molar-refractivity contribution < 1.29 is 17.9 Å². The molecule has 0 aliphatic carbocycles. The van der Waals surface area contributed by atoms with E-state index in [2.05, 4.69) is 14.7 Å². The highest BCUT2D eigenvalue weighted by Crippen LogP contribution is 2.25. The first-order valence-corrected chi connectivity index (χ1v) is 12.2. The van der Waals surface area contributed by atoms with Gasteiger partial charge in [0.25, 0.3) is 11.1 Å². The number of hydrogen-bond donors (Lipinski definition) is 1. The third-order valence-electron chi connectivity index (χ3n) is 4.97. The van der Waals surface area contributed by atoms with E-state index in [1.54, 1.807) is 7.11 Å². The van der Waals surface area contributed by atoms with Crippen LogP contribution in [0.1, 0.15) is 30.8 Å². The number of carbonyl (C=O) groups excluding carboxylic acids is 1. The largest absolute Gasteiger partial charge is 0.497 e. The molecule has 0 saturated heterocycles. The number of nitrogens with zero attached hydrogens (tertiary/aromatic N) is 4. The number of amides is 1. The Balaban J connectivity index is 1.87. The van der Waals surface area contributed by atoms with Gasteiger partial charge in [-0.05, 0) is 69.7 Å². The number of anilines is 1. The molecule has 1 aromatic carbocycles. The van der Waals surface area contributed by atoms with E-state index in [0.29, 0.717) is 5.56 Å². The molecule has 0 spiro atoms. The molecule has 0 radical (unpaired) electrons. The minimum Gasteiger partial charge on any atom is -0.497 e. The highest BCUT2D eigenvalue weighted by Gasteiger charge is 2.25. The molecule has 0 aliphatic rings. The molecule has 2 aromatic heterocycles. The lowest BCUT2D eigenvalue weighted by atomic mass is 10.1. The number of benzene rings is 1. The van der Waals surface area contributed by atoms with Gasteiger partial charge in [0.05, 0.1) is 12.4 Å². The summed E-state index contributed by atoms with van der Waals surface area (Å²) < 4.78 is 35.4. The Hall–Kier alpha value is -3.49. The maximum atomic E-state index is 12.7. The SMILES string of the molecule is COc1ccc(-n2c(C)cc(/C=C(/C#N)C(=O)Nc3nc(S(=O)(=O)C(C)C)ns3)c2C)cc1. The minimum absolute atomic E-state index is 0.00378. The number of sulfone groups is 1. The molecule has 3 aromatic rings. The third-order valence-corrected chi connectivity index (χ3v) is 7.65. The fraction of sp³-hybridized carbons (Fsp3) is 0.273. The van der Waals surface area contributed by atoms with Crippen molar-refractivity contribution in [3.8, 4) is 17.5 Å². The van der Waals surface area contributed by atoms with E-state index in [9.17, 15) is 18.5 Å². The van der Waals surface area contributed by atoms with E-state index in [0.717, 1.165) is 34.4 Å². The molecule has 33 heavy (non-hydrogen) atoms. The number of hydrogen-bond acceptors (Lipinski definition) is 8. The second-order valence-electron chi connectivity index (χ2n) is 7.46. The topological polar surface area (TPSA) is 127 Å². The van der Waals surface area contributed by atoms with E-state index in [1.807, 2.05) is 54.8 Å². The summed E-state index contributed by atoms with van der Waals surface area (Å²) in [4.78, 5) is 16.5. The Kier molecular flexibility index (Phi) is 7.00. The predicted octanol–water partition coefficient (Wildman–Crippen LogP) is 3.68. The smallest absolute Gasteiger partial charge is 0.268 e. The highest BCUT2D eigenvalue weighted by molar-refractivity contribution is 7.91. The van der Waals surface area contributed by atoms with Crippen molar-refractivity contribution in [2.24, 2.45) is 0 Å². The van der Waals surface area contributed by atoms with Gasteiger partial charge >= 0.3 is 0 Å². The van der Waals surface area contributed by atoms with Crippen LogP contribution in [0.3, 0.4) is 0 Å². The summed E-state index contributed by atoms with van der Waals surface area (Å²) in [5.74, 6) is 0.0437. The third kappa shape index (κ3) is 4.97. The molecule has 1 N–H and O–H groups in total. The van der Waals surface area contributed by atoms with E-state index >= 15 is 0 Å². The first-order valence-electron chi connectivity index (χ1n) is 9.92. The molecule has 0 saturated carbocycles. The highest BCUT2D eigenvalue weighted by atomic mass is 32.2. The fourth-order valence-electron chi connectivity index (χ4n) is 3.12. The summed E-state index contributed by atoms with van der Waals surface area (Å²) in [6.45, 7) is 6.86. The standard InChI is InChI=1S/C22H23N5O4S2/c1-13(2)33(29,30)22-25-21(32-26-22)24-20(28)17(12-23)11-16-10-14(3)27(15(16)4)18-6-8-19(31-5)9-7-18/h6-11,13H,1-5H3,(H,24,25,26,28)/b17-11-. The number of methoxy groups -OCH3 is 1. The van der Waals surface area contributed by atoms with E-state index < -0.39 is 21.0 Å². The summed E-state index contributed by atoms with van der Waals surface area (Å²) >= 11 is 0.743. The predicted molar refractivity (Wildman–Crippen MR) is 126 cm³/mol. The van der Waals surface area contributed by atoms with Crippen LogP contribution in [0.15, 0.2) is 41.1 Å². The Morgan fingerprint density at radius 3 is 2.52 bits per heavy atom. The molecule has 0 atom stereocenters. The zero-order valence-electron chi connectivity index (χ0n) is 18.8.